The monoisotopic (exact) mass is 298 g/mol. The summed E-state index contributed by atoms with van der Waals surface area (Å²) < 4.78 is 0. The summed E-state index contributed by atoms with van der Waals surface area (Å²) in [7, 11) is 0. The van der Waals surface area contributed by atoms with E-state index in [1.165, 1.54) is 39.1 Å². The van der Waals surface area contributed by atoms with E-state index in [9.17, 15) is 0 Å². The predicted octanol–water partition coefficient (Wildman–Crippen LogP) is 1.77. The first-order valence-corrected chi connectivity index (χ1v) is 8.63. The molecule has 0 radical (unpaired) electrons. The molecule has 0 unspecified atom stereocenters. The van der Waals surface area contributed by atoms with Crippen LogP contribution in [-0.2, 0) is 0 Å². The highest BCUT2D eigenvalue weighted by molar-refractivity contribution is 4.80. The van der Waals surface area contributed by atoms with E-state index in [1.54, 1.807) is 0 Å². The molecule has 4 heteroatoms. The normalized spacial score (nSPS) is 23.1. The van der Waals surface area contributed by atoms with Crippen molar-refractivity contribution in [2.24, 2.45) is 0 Å². The molecule has 2 heterocycles. The minimum Gasteiger partial charge on any atom is -0.315 e. The number of hydrogen-bond acceptors (Lipinski definition) is 4. The molecule has 2 aliphatic heterocycles. The number of rotatable bonds is 0. The topological polar surface area (TPSA) is 30.5 Å². The van der Waals surface area contributed by atoms with Gasteiger partial charge in [-0.15, -0.1) is 0 Å². The van der Waals surface area contributed by atoms with Crippen LogP contribution in [-0.4, -0.2) is 73.2 Å². The van der Waals surface area contributed by atoms with Crippen molar-refractivity contribution < 1.29 is 0 Å². The van der Waals surface area contributed by atoms with Crippen molar-refractivity contribution in [3.8, 4) is 0 Å². The van der Waals surface area contributed by atoms with Gasteiger partial charge >= 0.3 is 0 Å². The molecular formula is C17H38N4. The fraction of sp³-hybridized carbons (Fsp3) is 1.00. The smallest absolute Gasteiger partial charge is 0.0126 e. The van der Waals surface area contributed by atoms with E-state index in [0.29, 0.717) is 11.1 Å². The molecule has 2 N–H and O–H groups in total. The maximum Gasteiger partial charge on any atom is 0.0126 e. The van der Waals surface area contributed by atoms with E-state index in [1.807, 2.05) is 0 Å². The van der Waals surface area contributed by atoms with Gasteiger partial charge in [-0.05, 0) is 61.1 Å². The van der Waals surface area contributed by atoms with Gasteiger partial charge in [0.05, 0.1) is 0 Å². The molecule has 4 nitrogen and oxygen atoms in total. The molecule has 0 aromatic carbocycles. The van der Waals surface area contributed by atoms with E-state index in [4.69, 9.17) is 0 Å². The fourth-order valence-electron chi connectivity index (χ4n) is 2.85. The standard InChI is InChI=1S/C9H20N2.C8H18N2/c1-9(2,3)11-7-4-5-10-6-8-11;1-8(2,3)10-6-4-9-5-7-10/h10H,4-8H2,1-3H3;9H,4-7H2,1-3H3. The Bertz CT molecular complexity index is 263. The van der Waals surface area contributed by atoms with Crippen LogP contribution in [0.3, 0.4) is 0 Å². The van der Waals surface area contributed by atoms with Crippen LogP contribution in [0, 0.1) is 0 Å². The lowest BCUT2D eigenvalue weighted by Crippen LogP contribution is -2.51. The second kappa shape index (κ2) is 8.47. The van der Waals surface area contributed by atoms with Crippen molar-refractivity contribution in [1.82, 2.24) is 20.4 Å². The molecule has 126 valence electrons. The summed E-state index contributed by atoms with van der Waals surface area (Å²) in [5.41, 5.74) is 0.716. The van der Waals surface area contributed by atoms with Crippen LogP contribution in [0.1, 0.15) is 48.0 Å². The lowest BCUT2D eigenvalue weighted by atomic mass is 10.1. The third kappa shape index (κ3) is 7.59. The van der Waals surface area contributed by atoms with Crippen LogP contribution >= 0.6 is 0 Å². The van der Waals surface area contributed by atoms with Crippen molar-refractivity contribution in [3.05, 3.63) is 0 Å². The first-order chi connectivity index (χ1) is 9.71. The maximum atomic E-state index is 3.41. The Morgan fingerprint density at radius 1 is 0.571 bits per heavy atom. The lowest BCUT2D eigenvalue weighted by Gasteiger charge is -2.38. The summed E-state index contributed by atoms with van der Waals surface area (Å²) in [5, 5.41) is 6.75. The zero-order chi connectivity index (χ0) is 15.9. The molecule has 2 saturated heterocycles. The van der Waals surface area contributed by atoms with Crippen molar-refractivity contribution >= 4 is 0 Å². The minimum absolute atomic E-state index is 0.353. The second-order valence-corrected chi connectivity index (χ2v) is 8.17. The molecule has 0 saturated carbocycles. The van der Waals surface area contributed by atoms with Gasteiger partial charge in [0.2, 0.25) is 0 Å². The molecule has 2 aliphatic rings. The van der Waals surface area contributed by atoms with Gasteiger partial charge < -0.3 is 10.6 Å². The number of nitrogens with zero attached hydrogens (tertiary/aromatic N) is 2. The van der Waals surface area contributed by atoms with Crippen molar-refractivity contribution in [2.45, 2.75) is 59.0 Å². The Morgan fingerprint density at radius 3 is 1.33 bits per heavy atom. The number of nitrogens with one attached hydrogen (secondary N) is 2. The minimum atomic E-state index is 0.353. The summed E-state index contributed by atoms with van der Waals surface area (Å²) in [6.45, 7) is 23.2. The first-order valence-electron chi connectivity index (χ1n) is 8.63. The lowest BCUT2D eigenvalue weighted by molar-refractivity contribution is 0.119. The van der Waals surface area contributed by atoms with E-state index < -0.39 is 0 Å². The van der Waals surface area contributed by atoms with Crippen molar-refractivity contribution in [1.29, 1.82) is 0 Å². The van der Waals surface area contributed by atoms with Gasteiger partial charge in [-0.1, -0.05) is 0 Å². The summed E-state index contributed by atoms with van der Waals surface area (Å²) in [5.74, 6) is 0. The van der Waals surface area contributed by atoms with Crippen molar-refractivity contribution in [2.75, 3.05) is 52.4 Å². The summed E-state index contributed by atoms with van der Waals surface area (Å²) >= 11 is 0. The summed E-state index contributed by atoms with van der Waals surface area (Å²) in [4.78, 5) is 5.07. The van der Waals surface area contributed by atoms with Crippen LogP contribution < -0.4 is 10.6 Å². The van der Waals surface area contributed by atoms with Gasteiger partial charge in [0.15, 0.2) is 0 Å². The molecule has 21 heavy (non-hydrogen) atoms. The Hall–Kier alpha value is -0.160. The molecule has 0 aliphatic carbocycles. The molecule has 2 fully saturated rings. The highest BCUT2D eigenvalue weighted by Crippen LogP contribution is 2.13. The quantitative estimate of drug-likeness (QED) is 0.713. The molecule has 0 amide bonds. The highest BCUT2D eigenvalue weighted by atomic mass is 15.2. The average Bonchev–Trinajstić information content (AvgIpc) is 2.68. The summed E-state index contributed by atoms with van der Waals surface area (Å²) in [6.07, 6.45) is 1.29. The van der Waals surface area contributed by atoms with Gasteiger partial charge in [0.1, 0.15) is 0 Å². The van der Waals surface area contributed by atoms with E-state index >= 15 is 0 Å². The zero-order valence-electron chi connectivity index (χ0n) is 15.3. The molecule has 0 aromatic heterocycles. The highest BCUT2D eigenvalue weighted by Gasteiger charge is 2.22. The van der Waals surface area contributed by atoms with Crippen LogP contribution in [0.5, 0.6) is 0 Å². The first kappa shape index (κ1) is 18.9. The van der Waals surface area contributed by atoms with Crippen molar-refractivity contribution in [3.63, 3.8) is 0 Å². The molecule has 0 atom stereocenters. The SMILES string of the molecule is CC(C)(C)N1CCCNCC1.CC(C)(C)N1CCNCC1. The molecule has 2 rings (SSSR count). The Labute approximate surface area is 132 Å². The van der Waals surface area contributed by atoms with Crippen LogP contribution in [0.25, 0.3) is 0 Å². The van der Waals surface area contributed by atoms with Crippen LogP contribution in [0.2, 0.25) is 0 Å². The molecular weight excluding hydrogens is 260 g/mol. The Kier molecular flexibility index (Phi) is 7.62. The number of piperazine rings is 1. The summed E-state index contributed by atoms with van der Waals surface area (Å²) in [6, 6.07) is 0. The van der Waals surface area contributed by atoms with Gasteiger partial charge in [-0.25, -0.2) is 0 Å². The maximum absolute atomic E-state index is 3.41. The van der Waals surface area contributed by atoms with Crippen LogP contribution in [0.4, 0.5) is 0 Å². The zero-order valence-corrected chi connectivity index (χ0v) is 15.3. The van der Waals surface area contributed by atoms with Gasteiger partial charge in [0, 0.05) is 50.3 Å². The second-order valence-electron chi connectivity index (χ2n) is 8.17. The third-order valence-electron chi connectivity index (χ3n) is 4.35. The van der Waals surface area contributed by atoms with E-state index in [2.05, 4.69) is 62.0 Å². The average molecular weight is 299 g/mol. The van der Waals surface area contributed by atoms with Gasteiger partial charge in [0.25, 0.3) is 0 Å². The number of hydrogen-bond donors (Lipinski definition) is 2. The Morgan fingerprint density at radius 2 is 0.952 bits per heavy atom. The molecule has 0 bridgehead atoms. The third-order valence-corrected chi connectivity index (χ3v) is 4.35. The largest absolute Gasteiger partial charge is 0.315 e. The molecule has 0 aromatic rings. The Balaban J connectivity index is 0.000000211. The molecule has 0 spiro atoms. The van der Waals surface area contributed by atoms with Gasteiger partial charge in [-0.2, -0.15) is 0 Å². The van der Waals surface area contributed by atoms with E-state index in [-0.39, 0.29) is 0 Å². The van der Waals surface area contributed by atoms with Gasteiger partial charge in [-0.3, -0.25) is 9.80 Å². The predicted molar refractivity (Wildman–Crippen MR) is 93.0 cm³/mol. The van der Waals surface area contributed by atoms with E-state index in [0.717, 1.165) is 19.6 Å². The van der Waals surface area contributed by atoms with Crippen LogP contribution in [0.15, 0.2) is 0 Å². The fourth-order valence-corrected chi connectivity index (χ4v) is 2.85.